The summed E-state index contributed by atoms with van der Waals surface area (Å²) >= 11 is 0. The van der Waals surface area contributed by atoms with Gasteiger partial charge in [-0.05, 0) is 38.5 Å². The second-order valence-corrected chi connectivity index (χ2v) is 4.49. The van der Waals surface area contributed by atoms with Crippen molar-refractivity contribution in [1.82, 2.24) is 0 Å². The van der Waals surface area contributed by atoms with Crippen molar-refractivity contribution < 1.29 is 9.53 Å². The zero-order chi connectivity index (χ0) is 11.1. The van der Waals surface area contributed by atoms with E-state index in [1.165, 1.54) is 19.3 Å². The topological polar surface area (TPSA) is 52.3 Å². The van der Waals surface area contributed by atoms with Crippen molar-refractivity contribution in [2.45, 2.75) is 57.9 Å². The minimum absolute atomic E-state index is 0.0578. The lowest BCUT2D eigenvalue weighted by Gasteiger charge is -2.26. The van der Waals surface area contributed by atoms with Crippen molar-refractivity contribution in [3.63, 3.8) is 0 Å². The minimum atomic E-state index is -0.0578. The summed E-state index contributed by atoms with van der Waals surface area (Å²) in [5, 5.41) is 0. The average molecular weight is 213 g/mol. The molecule has 2 atom stereocenters. The highest BCUT2D eigenvalue weighted by molar-refractivity contribution is 5.69. The third-order valence-electron chi connectivity index (χ3n) is 3.12. The molecule has 0 radical (unpaired) electrons. The van der Waals surface area contributed by atoms with E-state index in [9.17, 15) is 4.79 Å². The Bertz CT molecular complexity index is 194. The summed E-state index contributed by atoms with van der Waals surface area (Å²) < 4.78 is 4.89. The van der Waals surface area contributed by atoms with Gasteiger partial charge in [-0.25, -0.2) is 0 Å². The lowest BCUT2D eigenvalue weighted by Crippen LogP contribution is -2.27. The quantitative estimate of drug-likeness (QED) is 0.712. The minimum Gasteiger partial charge on any atom is -0.466 e. The van der Waals surface area contributed by atoms with Gasteiger partial charge in [-0.1, -0.05) is 12.8 Å². The fraction of sp³-hybridized carbons (Fsp3) is 0.917. The van der Waals surface area contributed by atoms with Gasteiger partial charge in [0, 0.05) is 12.5 Å². The summed E-state index contributed by atoms with van der Waals surface area (Å²) in [6, 6.07) is 0.395. The van der Waals surface area contributed by atoms with Crippen LogP contribution in [0.25, 0.3) is 0 Å². The average Bonchev–Trinajstić information content (AvgIpc) is 2.18. The lowest BCUT2D eigenvalue weighted by molar-refractivity contribution is -0.143. The maximum Gasteiger partial charge on any atom is 0.305 e. The standard InChI is InChI=1S/C12H23NO2/c1-2-15-12(14)8-4-6-10-5-3-7-11(13)9-10/h10-11H,2-9,13H2,1H3. The van der Waals surface area contributed by atoms with Crippen LogP contribution in [0.5, 0.6) is 0 Å². The van der Waals surface area contributed by atoms with Gasteiger partial charge in [0.15, 0.2) is 0 Å². The summed E-state index contributed by atoms with van der Waals surface area (Å²) in [4.78, 5) is 11.1. The van der Waals surface area contributed by atoms with E-state index in [0.717, 1.165) is 25.2 Å². The second-order valence-electron chi connectivity index (χ2n) is 4.49. The van der Waals surface area contributed by atoms with Crippen LogP contribution in [0.3, 0.4) is 0 Å². The molecule has 0 spiro atoms. The van der Waals surface area contributed by atoms with E-state index in [4.69, 9.17) is 10.5 Å². The first-order valence-electron chi connectivity index (χ1n) is 6.13. The molecule has 1 rings (SSSR count). The summed E-state index contributed by atoms with van der Waals surface area (Å²) in [7, 11) is 0. The SMILES string of the molecule is CCOC(=O)CCCC1CCCC(N)C1. The normalized spacial score (nSPS) is 26.3. The molecule has 0 aromatic carbocycles. The largest absolute Gasteiger partial charge is 0.466 e. The molecule has 2 N–H and O–H groups in total. The van der Waals surface area contributed by atoms with Gasteiger partial charge in [0.05, 0.1) is 6.61 Å². The highest BCUT2D eigenvalue weighted by Crippen LogP contribution is 2.27. The Hall–Kier alpha value is -0.570. The fourth-order valence-electron chi connectivity index (χ4n) is 2.36. The van der Waals surface area contributed by atoms with E-state index in [1.807, 2.05) is 6.92 Å². The number of hydrogen-bond acceptors (Lipinski definition) is 3. The van der Waals surface area contributed by atoms with Crippen molar-refractivity contribution in [1.29, 1.82) is 0 Å². The first-order valence-corrected chi connectivity index (χ1v) is 6.13. The maximum absolute atomic E-state index is 11.1. The van der Waals surface area contributed by atoms with Gasteiger partial charge >= 0.3 is 5.97 Å². The molecule has 0 heterocycles. The lowest BCUT2D eigenvalue weighted by atomic mass is 9.83. The van der Waals surface area contributed by atoms with Crippen LogP contribution in [0.15, 0.2) is 0 Å². The van der Waals surface area contributed by atoms with Crippen molar-refractivity contribution in [3.05, 3.63) is 0 Å². The number of carbonyl (C=O) groups excluding carboxylic acids is 1. The van der Waals surface area contributed by atoms with Gasteiger partial charge in [-0.15, -0.1) is 0 Å². The summed E-state index contributed by atoms with van der Waals surface area (Å²) in [6.07, 6.45) is 7.52. The van der Waals surface area contributed by atoms with Crippen LogP contribution in [0, 0.1) is 5.92 Å². The number of hydrogen-bond donors (Lipinski definition) is 1. The molecule has 0 aliphatic heterocycles. The third-order valence-corrected chi connectivity index (χ3v) is 3.12. The first-order chi connectivity index (χ1) is 7.22. The predicted molar refractivity (Wildman–Crippen MR) is 60.4 cm³/mol. The Kier molecular flexibility index (Phi) is 5.69. The Morgan fingerprint density at radius 2 is 2.27 bits per heavy atom. The zero-order valence-electron chi connectivity index (χ0n) is 9.71. The van der Waals surface area contributed by atoms with E-state index < -0.39 is 0 Å². The molecule has 0 bridgehead atoms. The number of esters is 1. The Labute approximate surface area is 92.4 Å². The molecule has 1 aliphatic carbocycles. The van der Waals surface area contributed by atoms with Crippen LogP contribution in [0.1, 0.15) is 51.9 Å². The number of nitrogens with two attached hydrogens (primary N) is 1. The van der Waals surface area contributed by atoms with E-state index in [2.05, 4.69) is 0 Å². The van der Waals surface area contributed by atoms with Crippen molar-refractivity contribution in [3.8, 4) is 0 Å². The van der Waals surface area contributed by atoms with Crippen molar-refractivity contribution in [2.75, 3.05) is 6.61 Å². The van der Waals surface area contributed by atoms with E-state index in [-0.39, 0.29) is 5.97 Å². The zero-order valence-corrected chi connectivity index (χ0v) is 9.71. The Morgan fingerprint density at radius 3 is 2.93 bits per heavy atom. The monoisotopic (exact) mass is 213 g/mol. The summed E-state index contributed by atoms with van der Waals surface area (Å²) in [5.74, 6) is 0.681. The highest BCUT2D eigenvalue weighted by Gasteiger charge is 2.18. The van der Waals surface area contributed by atoms with Crippen LogP contribution in [0.2, 0.25) is 0 Å². The fourth-order valence-corrected chi connectivity index (χ4v) is 2.36. The number of carbonyl (C=O) groups is 1. The van der Waals surface area contributed by atoms with E-state index in [0.29, 0.717) is 19.1 Å². The number of rotatable bonds is 5. The highest BCUT2D eigenvalue weighted by atomic mass is 16.5. The van der Waals surface area contributed by atoms with E-state index >= 15 is 0 Å². The molecule has 1 fully saturated rings. The molecule has 1 saturated carbocycles. The molecule has 0 aromatic rings. The Balaban J connectivity index is 2.06. The molecule has 3 heteroatoms. The number of ether oxygens (including phenoxy) is 1. The smallest absolute Gasteiger partial charge is 0.305 e. The molecule has 15 heavy (non-hydrogen) atoms. The molecule has 0 aromatic heterocycles. The van der Waals surface area contributed by atoms with Crippen molar-refractivity contribution >= 4 is 5.97 Å². The van der Waals surface area contributed by atoms with Gasteiger partial charge in [0.1, 0.15) is 0 Å². The third kappa shape index (κ3) is 5.17. The van der Waals surface area contributed by atoms with Gasteiger partial charge in [-0.2, -0.15) is 0 Å². The molecule has 0 amide bonds. The van der Waals surface area contributed by atoms with Gasteiger partial charge < -0.3 is 10.5 Å². The van der Waals surface area contributed by atoms with Gasteiger partial charge in [0.25, 0.3) is 0 Å². The van der Waals surface area contributed by atoms with Crippen LogP contribution in [-0.2, 0) is 9.53 Å². The Morgan fingerprint density at radius 1 is 1.47 bits per heavy atom. The second kappa shape index (κ2) is 6.83. The molecule has 88 valence electrons. The maximum atomic E-state index is 11.1. The molecule has 0 saturated heterocycles. The molecule has 1 aliphatic rings. The predicted octanol–water partition coefficient (Wildman–Crippen LogP) is 2.24. The first kappa shape index (κ1) is 12.5. The van der Waals surface area contributed by atoms with Crippen LogP contribution in [0.4, 0.5) is 0 Å². The molecular formula is C12H23NO2. The van der Waals surface area contributed by atoms with Crippen LogP contribution >= 0.6 is 0 Å². The summed E-state index contributed by atoms with van der Waals surface area (Å²) in [6.45, 7) is 2.34. The molecule has 3 nitrogen and oxygen atoms in total. The van der Waals surface area contributed by atoms with Crippen molar-refractivity contribution in [2.24, 2.45) is 11.7 Å². The molecule has 2 unspecified atom stereocenters. The molecular weight excluding hydrogens is 190 g/mol. The van der Waals surface area contributed by atoms with Gasteiger partial charge in [0.2, 0.25) is 0 Å². The van der Waals surface area contributed by atoms with E-state index in [1.54, 1.807) is 0 Å². The van der Waals surface area contributed by atoms with Crippen LogP contribution in [-0.4, -0.2) is 18.6 Å². The van der Waals surface area contributed by atoms with Crippen LogP contribution < -0.4 is 5.73 Å². The summed E-state index contributed by atoms with van der Waals surface area (Å²) in [5.41, 5.74) is 5.91. The van der Waals surface area contributed by atoms with Gasteiger partial charge in [-0.3, -0.25) is 4.79 Å².